The fraction of sp³-hybridized carbons (Fsp3) is 0.250. The van der Waals surface area contributed by atoms with Crippen molar-refractivity contribution in [3.05, 3.63) is 53.3 Å². The van der Waals surface area contributed by atoms with E-state index in [1.807, 2.05) is 0 Å². The summed E-state index contributed by atoms with van der Waals surface area (Å²) in [5.41, 5.74) is 0.742. The number of halogens is 3. The molecular weight excluding hydrogens is 359 g/mol. The van der Waals surface area contributed by atoms with Crippen molar-refractivity contribution in [2.75, 3.05) is 20.8 Å². The van der Waals surface area contributed by atoms with Crippen molar-refractivity contribution in [3.63, 3.8) is 0 Å². The van der Waals surface area contributed by atoms with Crippen molar-refractivity contribution in [2.24, 2.45) is 0 Å². The third-order valence-corrected chi connectivity index (χ3v) is 4.92. The Morgan fingerprint density at radius 3 is 2.28 bits per heavy atom. The smallest absolute Gasteiger partial charge is 0.243 e. The molecule has 0 saturated heterocycles. The molecule has 2 aromatic carbocycles. The summed E-state index contributed by atoms with van der Waals surface area (Å²) in [4.78, 5) is -0.946. The highest BCUT2D eigenvalue weighted by molar-refractivity contribution is 7.89. The Hall–Kier alpha value is -2.26. The van der Waals surface area contributed by atoms with E-state index in [9.17, 15) is 21.6 Å². The molecule has 0 atom stereocenters. The van der Waals surface area contributed by atoms with Crippen LogP contribution >= 0.6 is 0 Å². The Morgan fingerprint density at radius 2 is 1.64 bits per heavy atom. The van der Waals surface area contributed by atoms with Gasteiger partial charge in [0.05, 0.1) is 14.2 Å². The molecule has 0 heterocycles. The normalized spacial score (nSPS) is 11.4. The summed E-state index contributed by atoms with van der Waals surface area (Å²) in [5, 5.41) is 0. The zero-order chi connectivity index (χ0) is 18.6. The Morgan fingerprint density at radius 1 is 0.960 bits per heavy atom. The molecule has 0 bridgehead atoms. The van der Waals surface area contributed by atoms with Gasteiger partial charge in [-0.15, -0.1) is 0 Å². The lowest BCUT2D eigenvalue weighted by atomic mass is 10.1. The average Bonchev–Trinajstić information content (AvgIpc) is 2.59. The molecule has 0 fully saturated rings. The minimum Gasteiger partial charge on any atom is -0.493 e. The molecular formula is C16H16F3NO4S. The third-order valence-electron chi connectivity index (χ3n) is 3.44. The molecule has 5 nitrogen and oxygen atoms in total. The van der Waals surface area contributed by atoms with Gasteiger partial charge in [0.1, 0.15) is 4.90 Å². The van der Waals surface area contributed by atoms with Crippen LogP contribution in [0.4, 0.5) is 13.2 Å². The first-order chi connectivity index (χ1) is 11.8. The number of ether oxygens (including phenoxy) is 2. The monoisotopic (exact) mass is 375 g/mol. The highest BCUT2D eigenvalue weighted by Crippen LogP contribution is 2.27. The summed E-state index contributed by atoms with van der Waals surface area (Å²) in [7, 11) is -1.36. The van der Waals surface area contributed by atoms with Gasteiger partial charge in [0.25, 0.3) is 0 Å². The maximum Gasteiger partial charge on any atom is 0.243 e. The zero-order valence-electron chi connectivity index (χ0n) is 13.5. The van der Waals surface area contributed by atoms with Crippen molar-refractivity contribution in [2.45, 2.75) is 11.3 Å². The maximum atomic E-state index is 13.6. The van der Waals surface area contributed by atoms with Crippen LogP contribution in [-0.2, 0) is 16.4 Å². The molecule has 0 amide bonds. The lowest BCUT2D eigenvalue weighted by molar-refractivity contribution is 0.354. The van der Waals surface area contributed by atoms with Gasteiger partial charge < -0.3 is 9.47 Å². The first-order valence-corrected chi connectivity index (χ1v) is 8.62. The Bertz CT molecular complexity index is 872. The number of hydrogen-bond donors (Lipinski definition) is 1. The zero-order valence-corrected chi connectivity index (χ0v) is 14.3. The minimum absolute atomic E-state index is 0.0732. The van der Waals surface area contributed by atoms with Crippen molar-refractivity contribution < 1.29 is 31.1 Å². The summed E-state index contributed by atoms with van der Waals surface area (Å²) in [6, 6.07) is 6.28. The molecule has 2 rings (SSSR count). The maximum absolute atomic E-state index is 13.6. The first-order valence-electron chi connectivity index (χ1n) is 7.14. The fourth-order valence-corrected chi connectivity index (χ4v) is 3.26. The van der Waals surface area contributed by atoms with E-state index in [0.29, 0.717) is 23.6 Å². The van der Waals surface area contributed by atoms with Gasteiger partial charge in [0.15, 0.2) is 29.0 Å². The topological polar surface area (TPSA) is 64.6 Å². The van der Waals surface area contributed by atoms with E-state index in [1.54, 1.807) is 18.2 Å². The van der Waals surface area contributed by atoms with E-state index in [0.717, 1.165) is 5.56 Å². The van der Waals surface area contributed by atoms with Crippen LogP contribution in [0.5, 0.6) is 11.5 Å². The van der Waals surface area contributed by atoms with Crippen LogP contribution in [0.15, 0.2) is 35.2 Å². The molecule has 0 aromatic heterocycles. The van der Waals surface area contributed by atoms with Gasteiger partial charge in [0, 0.05) is 6.54 Å². The molecule has 0 saturated carbocycles. The number of rotatable bonds is 7. The predicted octanol–water partition coefficient (Wildman–Crippen LogP) is 2.64. The highest BCUT2D eigenvalue weighted by atomic mass is 32.2. The van der Waals surface area contributed by atoms with Gasteiger partial charge >= 0.3 is 0 Å². The molecule has 9 heteroatoms. The van der Waals surface area contributed by atoms with Gasteiger partial charge in [-0.2, -0.15) is 0 Å². The van der Waals surface area contributed by atoms with Gasteiger partial charge in [0.2, 0.25) is 10.0 Å². The van der Waals surface area contributed by atoms with E-state index in [-0.39, 0.29) is 13.0 Å². The van der Waals surface area contributed by atoms with Crippen molar-refractivity contribution in [1.29, 1.82) is 0 Å². The molecule has 1 N–H and O–H groups in total. The van der Waals surface area contributed by atoms with Crippen LogP contribution in [0.3, 0.4) is 0 Å². The molecule has 136 valence electrons. The Labute approximate surface area is 143 Å². The van der Waals surface area contributed by atoms with Crippen molar-refractivity contribution in [3.8, 4) is 11.5 Å². The molecule has 2 aromatic rings. The molecule has 0 radical (unpaired) electrons. The van der Waals surface area contributed by atoms with Crippen LogP contribution < -0.4 is 14.2 Å². The molecule has 0 aliphatic carbocycles. The lowest BCUT2D eigenvalue weighted by Crippen LogP contribution is -2.27. The molecule has 25 heavy (non-hydrogen) atoms. The number of methoxy groups -OCH3 is 2. The van der Waals surface area contributed by atoms with Crippen LogP contribution in [0.2, 0.25) is 0 Å². The summed E-state index contributed by atoms with van der Waals surface area (Å²) in [6.45, 7) is -0.0732. The second-order valence-corrected chi connectivity index (χ2v) is 6.75. The largest absolute Gasteiger partial charge is 0.493 e. The van der Waals surface area contributed by atoms with Gasteiger partial charge in [-0.3, -0.25) is 0 Å². The molecule has 0 aliphatic rings. The molecule has 0 unspecified atom stereocenters. The van der Waals surface area contributed by atoms with E-state index >= 15 is 0 Å². The van der Waals surface area contributed by atoms with Crippen LogP contribution in [0, 0.1) is 17.5 Å². The quantitative estimate of drug-likeness (QED) is 0.756. The van der Waals surface area contributed by atoms with Gasteiger partial charge in [-0.05, 0) is 36.2 Å². The van der Waals surface area contributed by atoms with Gasteiger partial charge in [-0.25, -0.2) is 26.3 Å². The minimum atomic E-state index is -4.32. The summed E-state index contributed by atoms with van der Waals surface area (Å²) in [6.07, 6.45) is 0.269. The average molecular weight is 375 g/mol. The van der Waals surface area contributed by atoms with Crippen molar-refractivity contribution >= 4 is 10.0 Å². The SMILES string of the molecule is COc1ccc(CCNS(=O)(=O)c2ccc(F)c(F)c2F)cc1OC. The van der Waals surface area contributed by atoms with E-state index < -0.39 is 32.4 Å². The first kappa shape index (κ1) is 19.1. The van der Waals surface area contributed by atoms with Crippen LogP contribution in [-0.4, -0.2) is 29.2 Å². The van der Waals surface area contributed by atoms with E-state index in [4.69, 9.17) is 9.47 Å². The van der Waals surface area contributed by atoms with Crippen molar-refractivity contribution in [1.82, 2.24) is 4.72 Å². The summed E-state index contributed by atoms with van der Waals surface area (Å²) < 4.78 is 76.2. The number of sulfonamides is 1. The second kappa shape index (κ2) is 7.75. The second-order valence-electron chi connectivity index (χ2n) is 5.01. The summed E-state index contributed by atoms with van der Waals surface area (Å²) in [5.74, 6) is -4.03. The predicted molar refractivity (Wildman–Crippen MR) is 84.8 cm³/mol. The Balaban J connectivity index is 2.10. The standard InChI is InChI=1S/C16H16F3NO4S/c1-23-12-5-3-10(9-13(12)24-2)7-8-20-25(21,22)14-6-4-11(17)15(18)16(14)19/h3-6,9,20H,7-8H2,1-2H3. The number of benzene rings is 2. The third kappa shape index (κ3) is 4.23. The number of nitrogens with one attached hydrogen (secondary N) is 1. The number of hydrogen-bond acceptors (Lipinski definition) is 4. The lowest BCUT2D eigenvalue weighted by Gasteiger charge is -2.11. The molecule has 0 aliphatic heterocycles. The summed E-state index contributed by atoms with van der Waals surface area (Å²) >= 11 is 0. The molecule has 0 spiro atoms. The van der Waals surface area contributed by atoms with Crippen LogP contribution in [0.1, 0.15) is 5.56 Å². The fourth-order valence-electron chi connectivity index (χ4n) is 2.16. The van der Waals surface area contributed by atoms with E-state index in [1.165, 1.54) is 14.2 Å². The van der Waals surface area contributed by atoms with E-state index in [2.05, 4.69) is 4.72 Å². The van der Waals surface area contributed by atoms with Gasteiger partial charge in [-0.1, -0.05) is 6.07 Å². The van der Waals surface area contributed by atoms with Crippen LogP contribution in [0.25, 0.3) is 0 Å². The highest BCUT2D eigenvalue weighted by Gasteiger charge is 2.23. The Kier molecular flexibility index (Phi) is 5.91.